The molecule has 0 saturated carbocycles. The molecule has 0 fully saturated rings. The normalized spacial score (nSPS) is 11.5. The van der Waals surface area contributed by atoms with Gasteiger partial charge in [-0.2, -0.15) is 5.26 Å². The van der Waals surface area contributed by atoms with Crippen molar-refractivity contribution in [3.8, 4) is 6.07 Å². The van der Waals surface area contributed by atoms with Crippen molar-refractivity contribution in [1.82, 2.24) is 9.55 Å². The summed E-state index contributed by atoms with van der Waals surface area (Å²) in [6, 6.07) is 6.74. The Morgan fingerprint density at radius 2 is 2.00 bits per heavy atom. The first-order valence-corrected chi connectivity index (χ1v) is 8.81. The van der Waals surface area contributed by atoms with Gasteiger partial charge in [0.25, 0.3) is 5.56 Å². The molecule has 1 aromatic heterocycles. The molecule has 0 radical (unpaired) electrons. The van der Waals surface area contributed by atoms with Crippen LogP contribution in [0.3, 0.4) is 0 Å². The molecular weight excluding hydrogens is 366 g/mol. The third-order valence-electron chi connectivity index (χ3n) is 4.12. The summed E-state index contributed by atoms with van der Waals surface area (Å²) in [6.45, 7) is 6.98. The van der Waals surface area contributed by atoms with E-state index in [0.29, 0.717) is 10.6 Å². The maximum atomic E-state index is 13.3. The Morgan fingerprint density at radius 3 is 2.56 bits per heavy atom. The van der Waals surface area contributed by atoms with Crippen LogP contribution in [0.4, 0.5) is 0 Å². The number of carbonyl (C=O) groups is 1. The van der Waals surface area contributed by atoms with E-state index in [4.69, 9.17) is 11.6 Å². The number of aryl methyl sites for hydroxylation is 1. The summed E-state index contributed by atoms with van der Waals surface area (Å²) in [5, 5.41) is 9.54. The molecule has 0 saturated heterocycles. The first kappa shape index (κ1) is 20.4. The summed E-state index contributed by atoms with van der Waals surface area (Å²) in [5.74, 6) is -0.799. The minimum absolute atomic E-state index is 0.00626. The van der Waals surface area contributed by atoms with Crippen molar-refractivity contribution in [3.63, 3.8) is 0 Å². The van der Waals surface area contributed by atoms with Gasteiger partial charge in [-0.15, -0.1) is 0 Å². The van der Waals surface area contributed by atoms with Crippen molar-refractivity contribution in [1.29, 1.82) is 5.26 Å². The zero-order chi connectivity index (χ0) is 20.3. The van der Waals surface area contributed by atoms with E-state index < -0.39 is 17.0 Å². The Bertz CT molecular complexity index is 1090. The summed E-state index contributed by atoms with van der Waals surface area (Å²) >= 11 is 6.09. The monoisotopic (exact) mass is 385 g/mol. The smallest absolute Gasteiger partial charge is 0.287 e. The fourth-order valence-electron chi connectivity index (χ4n) is 2.88. The lowest BCUT2D eigenvalue weighted by atomic mass is 9.95. The summed E-state index contributed by atoms with van der Waals surface area (Å²) < 4.78 is 1.18. The van der Waals surface area contributed by atoms with E-state index in [9.17, 15) is 19.6 Å². The maximum absolute atomic E-state index is 13.3. The molecular formula is C20H20ClN3O3. The topological polar surface area (TPSA) is 95.7 Å². The van der Waals surface area contributed by atoms with E-state index in [-0.39, 0.29) is 29.3 Å². The van der Waals surface area contributed by atoms with E-state index in [1.165, 1.54) is 10.6 Å². The van der Waals surface area contributed by atoms with Gasteiger partial charge in [-0.1, -0.05) is 31.5 Å². The van der Waals surface area contributed by atoms with E-state index in [1.807, 2.05) is 6.07 Å². The maximum Gasteiger partial charge on any atom is 0.329 e. The molecule has 0 aliphatic rings. The van der Waals surface area contributed by atoms with Gasteiger partial charge in [0.15, 0.2) is 0 Å². The molecule has 0 atom stereocenters. The second kappa shape index (κ2) is 8.19. The van der Waals surface area contributed by atoms with E-state index >= 15 is 0 Å². The van der Waals surface area contributed by atoms with Crippen LogP contribution in [0.2, 0.25) is 0 Å². The average Bonchev–Trinajstić information content (AvgIpc) is 2.61. The molecule has 0 aliphatic carbocycles. The molecule has 2 aromatic rings. The number of nitrogens with zero attached hydrogens (tertiary/aromatic N) is 2. The number of hydrogen-bond acceptors (Lipinski definition) is 4. The quantitative estimate of drug-likeness (QED) is 0.799. The van der Waals surface area contributed by atoms with Gasteiger partial charge in [-0.25, -0.2) is 4.79 Å². The van der Waals surface area contributed by atoms with Crippen LogP contribution in [-0.2, 0) is 6.54 Å². The van der Waals surface area contributed by atoms with Crippen LogP contribution in [0, 0.1) is 18.3 Å². The number of aromatic nitrogens is 2. The number of H-pyrrole nitrogens is 1. The van der Waals surface area contributed by atoms with Crippen LogP contribution in [0.15, 0.2) is 38.9 Å². The molecule has 0 bridgehead atoms. The van der Waals surface area contributed by atoms with E-state index in [1.54, 1.807) is 45.9 Å². The highest BCUT2D eigenvalue weighted by Gasteiger charge is 2.25. The fourth-order valence-corrected chi connectivity index (χ4v) is 3.00. The SMILES string of the molecule is C/C=C(\Cl)Cn1c(C(=O)c2cc(C)cc(C#N)c2)c(C(C)C)c(=O)[nH]c1=O. The molecule has 1 N–H and O–H groups in total. The standard InChI is InChI=1S/C20H20ClN3O3/c1-5-15(21)10-24-17(16(11(2)3)19(26)23-20(24)27)18(25)14-7-12(4)6-13(8-14)9-22/h5-8,11H,10H2,1-4H3,(H,23,26,27)/b15-5-. The number of aromatic amines is 1. The van der Waals surface area contributed by atoms with Gasteiger partial charge in [0.2, 0.25) is 5.78 Å². The Hall–Kier alpha value is -2.91. The Labute approximate surface area is 161 Å². The van der Waals surface area contributed by atoms with E-state index in [0.717, 1.165) is 5.56 Å². The molecule has 6 nitrogen and oxygen atoms in total. The number of benzene rings is 1. The number of ketones is 1. The van der Waals surface area contributed by atoms with Crippen molar-refractivity contribution in [2.75, 3.05) is 0 Å². The fraction of sp³-hybridized carbons (Fsp3) is 0.300. The lowest BCUT2D eigenvalue weighted by Gasteiger charge is -2.17. The average molecular weight is 386 g/mol. The number of carbonyl (C=O) groups excluding carboxylic acids is 1. The number of allylic oxidation sites excluding steroid dienone is 2. The zero-order valence-corrected chi connectivity index (χ0v) is 16.3. The Morgan fingerprint density at radius 1 is 1.33 bits per heavy atom. The molecule has 1 heterocycles. The molecule has 7 heteroatoms. The number of nitriles is 1. The van der Waals surface area contributed by atoms with Gasteiger partial charge in [-0.3, -0.25) is 19.1 Å². The van der Waals surface area contributed by atoms with Crippen molar-refractivity contribution in [3.05, 3.63) is 78.1 Å². The van der Waals surface area contributed by atoms with Crippen molar-refractivity contribution in [2.45, 2.75) is 40.2 Å². The van der Waals surface area contributed by atoms with Gasteiger partial charge in [0, 0.05) is 16.2 Å². The molecule has 0 amide bonds. The molecule has 0 spiro atoms. The predicted octanol–water partition coefficient (Wildman–Crippen LogP) is 3.21. The van der Waals surface area contributed by atoms with Crippen molar-refractivity contribution < 1.29 is 4.79 Å². The summed E-state index contributed by atoms with van der Waals surface area (Å²) in [5.41, 5.74) is 0.195. The van der Waals surface area contributed by atoms with Gasteiger partial charge >= 0.3 is 5.69 Å². The number of halogens is 1. The summed E-state index contributed by atoms with van der Waals surface area (Å²) in [4.78, 5) is 40.4. The van der Waals surface area contributed by atoms with E-state index in [2.05, 4.69) is 4.98 Å². The molecule has 0 aliphatic heterocycles. The van der Waals surface area contributed by atoms with Crippen LogP contribution in [0.1, 0.15) is 59.4 Å². The highest BCUT2D eigenvalue weighted by atomic mass is 35.5. The minimum atomic E-state index is -0.707. The molecule has 0 unspecified atom stereocenters. The first-order valence-electron chi connectivity index (χ1n) is 8.43. The molecule has 27 heavy (non-hydrogen) atoms. The van der Waals surface area contributed by atoms with Gasteiger partial charge in [-0.05, 0) is 43.5 Å². The van der Waals surface area contributed by atoms with Crippen LogP contribution in [-0.4, -0.2) is 15.3 Å². The largest absolute Gasteiger partial charge is 0.329 e. The van der Waals surface area contributed by atoms with Crippen LogP contribution >= 0.6 is 11.6 Å². The highest BCUT2D eigenvalue weighted by Crippen LogP contribution is 2.21. The minimum Gasteiger partial charge on any atom is -0.287 e. The van der Waals surface area contributed by atoms with Gasteiger partial charge < -0.3 is 0 Å². The number of hydrogen-bond donors (Lipinski definition) is 1. The first-order chi connectivity index (χ1) is 12.7. The second-order valence-corrected chi connectivity index (χ2v) is 7.01. The third kappa shape index (κ3) is 4.26. The second-order valence-electron chi connectivity index (χ2n) is 6.53. The van der Waals surface area contributed by atoms with Crippen LogP contribution in [0.25, 0.3) is 0 Å². The highest BCUT2D eigenvalue weighted by molar-refractivity contribution is 6.29. The predicted molar refractivity (Wildman–Crippen MR) is 104 cm³/mol. The van der Waals surface area contributed by atoms with Gasteiger partial charge in [0.1, 0.15) is 5.69 Å². The lowest BCUT2D eigenvalue weighted by Crippen LogP contribution is -2.38. The number of nitrogens with one attached hydrogen (secondary N) is 1. The van der Waals surface area contributed by atoms with Crippen LogP contribution < -0.4 is 11.2 Å². The molecule has 1 aromatic carbocycles. The lowest BCUT2D eigenvalue weighted by molar-refractivity contribution is 0.102. The summed E-state index contributed by atoms with van der Waals surface area (Å²) in [6.07, 6.45) is 1.61. The summed E-state index contributed by atoms with van der Waals surface area (Å²) in [7, 11) is 0. The Balaban J connectivity index is 2.86. The van der Waals surface area contributed by atoms with Crippen molar-refractivity contribution >= 4 is 17.4 Å². The van der Waals surface area contributed by atoms with Gasteiger partial charge in [0.05, 0.1) is 18.2 Å². The molecule has 140 valence electrons. The van der Waals surface area contributed by atoms with Crippen LogP contribution in [0.5, 0.6) is 0 Å². The third-order valence-corrected chi connectivity index (χ3v) is 4.46. The molecule has 2 rings (SSSR count). The Kier molecular flexibility index (Phi) is 6.19. The zero-order valence-electron chi connectivity index (χ0n) is 15.6. The van der Waals surface area contributed by atoms with Crippen molar-refractivity contribution in [2.24, 2.45) is 0 Å². The number of rotatable bonds is 5.